The third-order valence-corrected chi connectivity index (χ3v) is 6.06. The number of aryl methyl sites for hydroxylation is 1. The van der Waals surface area contributed by atoms with E-state index in [2.05, 4.69) is 21.5 Å². The van der Waals surface area contributed by atoms with Crippen molar-refractivity contribution in [2.45, 2.75) is 44.4 Å². The van der Waals surface area contributed by atoms with Gasteiger partial charge in [0, 0.05) is 11.9 Å². The second kappa shape index (κ2) is 8.56. The van der Waals surface area contributed by atoms with E-state index >= 15 is 0 Å². The van der Waals surface area contributed by atoms with Crippen molar-refractivity contribution in [3.8, 4) is 6.07 Å². The Bertz CT molecular complexity index is 1270. The van der Waals surface area contributed by atoms with E-state index in [1.165, 1.54) is 20.2 Å². The maximum absolute atomic E-state index is 13.6. The van der Waals surface area contributed by atoms with Crippen molar-refractivity contribution in [1.29, 1.82) is 5.26 Å². The molecule has 0 saturated heterocycles. The van der Waals surface area contributed by atoms with Gasteiger partial charge in [-0.3, -0.25) is 14.4 Å². The summed E-state index contributed by atoms with van der Waals surface area (Å²) in [6, 6.07) is 6.72. The third kappa shape index (κ3) is 4.46. The van der Waals surface area contributed by atoms with Crippen molar-refractivity contribution in [2.24, 2.45) is 5.92 Å². The molecule has 4 rings (SSSR count). The lowest BCUT2D eigenvalue weighted by Gasteiger charge is -2.28. The van der Waals surface area contributed by atoms with Crippen LogP contribution >= 0.6 is 0 Å². The number of benzene rings is 1. The van der Waals surface area contributed by atoms with Gasteiger partial charge in [0.25, 0.3) is 5.56 Å². The second-order valence-corrected chi connectivity index (χ2v) is 8.73. The number of alkyl halides is 3. The Morgan fingerprint density at radius 1 is 1.33 bits per heavy atom. The summed E-state index contributed by atoms with van der Waals surface area (Å²) in [5, 5.41) is 17.4. The highest BCUT2D eigenvalue weighted by molar-refractivity contribution is 5.91. The van der Waals surface area contributed by atoms with Crippen LogP contribution in [0, 0.1) is 24.2 Å². The average molecular weight is 458 g/mol. The van der Waals surface area contributed by atoms with Gasteiger partial charge < -0.3 is 10.3 Å². The van der Waals surface area contributed by atoms with Gasteiger partial charge in [0.2, 0.25) is 0 Å². The Labute approximate surface area is 188 Å². The van der Waals surface area contributed by atoms with E-state index in [9.17, 15) is 23.2 Å². The van der Waals surface area contributed by atoms with Crippen LogP contribution in [0.2, 0.25) is 0 Å². The first-order chi connectivity index (χ1) is 15.6. The fourth-order valence-electron chi connectivity index (χ4n) is 4.41. The van der Waals surface area contributed by atoms with E-state index in [0.29, 0.717) is 33.9 Å². The molecule has 0 spiro atoms. The van der Waals surface area contributed by atoms with Crippen LogP contribution in [-0.4, -0.2) is 39.9 Å². The minimum absolute atomic E-state index is 0.133. The minimum Gasteiger partial charge on any atom is -0.338 e. The number of H-pyrrole nitrogens is 1. The lowest BCUT2D eigenvalue weighted by atomic mass is 9.99. The lowest BCUT2D eigenvalue weighted by Crippen LogP contribution is -2.33. The van der Waals surface area contributed by atoms with E-state index < -0.39 is 12.2 Å². The molecule has 0 aliphatic heterocycles. The van der Waals surface area contributed by atoms with Crippen molar-refractivity contribution >= 4 is 22.4 Å². The van der Waals surface area contributed by atoms with Crippen LogP contribution in [-0.2, 0) is 0 Å². The first-order valence-corrected chi connectivity index (χ1v) is 10.7. The summed E-state index contributed by atoms with van der Waals surface area (Å²) in [4.78, 5) is 16.4. The monoisotopic (exact) mass is 458 g/mol. The molecule has 1 aliphatic carbocycles. The normalized spacial score (nSPS) is 16.1. The number of rotatable bonds is 7. The number of hydrogen-bond donors (Lipinski definition) is 2. The molecule has 10 heteroatoms. The molecule has 0 bridgehead atoms. The number of nitriles is 1. The van der Waals surface area contributed by atoms with Gasteiger partial charge in [-0.1, -0.05) is 6.07 Å². The highest BCUT2D eigenvalue weighted by atomic mass is 19.4. The molecule has 2 aromatic heterocycles. The summed E-state index contributed by atoms with van der Waals surface area (Å²) in [6.45, 7) is 1.63. The Morgan fingerprint density at radius 3 is 2.64 bits per heavy atom. The average Bonchev–Trinajstić information content (AvgIpc) is 3.49. The largest absolute Gasteiger partial charge is 0.408 e. The molecule has 1 saturated carbocycles. The molecule has 1 aliphatic rings. The zero-order chi connectivity index (χ0) is 23.9. The summed E-state index contributed by atoms with van der Waals surface area (Å²) in [5.41, 5.74) is 1.44. The predicted molar refractivity (Wildman–Crippen MR) is 119 cm³/mol. The number of fused-ring (bicyclic) bond motifs is 1. The topological polar surface area (TPSA) is 89.7 Å². The summed E-state index contributed by atoms with van der Waals surface area (Å²) >= 11 is 0. The van der Waals surface area contributed by atoms with E-state index in [-0.39, 0.29) is 23.6 Å². The predicted octanol–water partition coefficient (Wildman–Crippen LogP) is 4.81. The summed E-state index contributed by atoms with van der Waals surface area (Å²) in [5.74, 6) is 0.648. The molecule has 1 fully saturated rings. The molecule has 174 valence electrons. The number of aromatic nitrogens is 3. The third-order valence-electron chi connectivity index (χ3n) is 6.06. The smallest absolute Gasteiger partial charge is 0.338 e. The van der Waals surface area contributed by atoms with Crippen LogP contribution in [0.1, 0.15) is 42.5 Å². The van der Waals surface area contributed by atoms with Crippen LogP contribution in [0.25, 0.3) is 10.9 Å². The molecule has 0 amide bonds. The molecule has 0 radical (unpaired) electrons. The molecule has 3 aromatic rings. The van der Waals surface area contributed by atoms with E-state index in [0.717, 1.165) is 17.7 Å². The Hall–Kier alpha value is -3.32. The highest BCUT2D eigenvalue weighted by Crippen LogP contribution is 2.43. The van der Waals surface area contributed by atoms with Gasteiger partial charge in [-0.05, 0) is 69.1 Å². The maximum Gasteiger partial charge on any atom is 0.408 e. The molecule has 2 heterocycles. The van der Waals surface area contributed by atoms with Crippen LogP contribution in [0.5, 0.6) is 0 Å². The van der Waals surface area contributed by atoms with Crippen molar-refractivity contribution in [1.82, 2.24) is 19.7 Å². The van der Waals surface area contributed by atoms with Crippen molar-refractivity contribution in [3.63, 3.8) is 0 Å². The number of nitrogens with zero attached hydrogens (tertiary/aromatic N) is 4. The molecule has 2 N–H and O–H groups in total. The molecular formula is C23H25F3N6O. The number of pyridine rings is 1. The van der Waals surface area contributed by atoms with Gasteiger partial charge in [-0.15, -0.1) is 0 Å². The Balaban J connectivity index is 1.73. The van der Waals surface area contributed by atoms with E-state index in [4.69, 9.17) is 0 Å². The summed E-state index contributed by atoms with van der Waals surface area (Å²) < 4.78 is 42.5. The Morgan fingerprint density at radius 2 is 2.06 bits per heavy atom. The zero-order valence-corrected chi connectivity index (χ0v) is 18.6. The fraction of sp³-hybridized carbons (Fsp3) is 0.435. The van der Waals surface area contributed by atoms with Crippen LogP contribution in [0.3, 0.4) is 0 Å². The van der Waals surface area contributed by atoms with E-state index in [1.54, 1.807) is 36.0 Å². The van der Waals surface area contributed by atoms with Gasteiger partial charge in [0.1, 0.15) is 11.4 Å². The molecular weight excluding hydrogens is 433 g/mol. The maximum atomic E-state index is 13.6. The number of nitrogens with one attached hydrogen (secondary N) is 2. The number of halogens is 3. The molecule has 7 nitrogen and oxygen atoms in total. The van der Waals surface area contributed by atoms with Crippen molar-refractivity contribution in [3.05, 3.63) is 51.9 Å². The standard InChI is InChI=1S/C23H25F3N6O/c1-13-12-15(6-7-16(13)20(31(2)3)23(24,25)26)29-21-19-18(9-11-28-22(19)33)32(30-21)17(8-10-27)14-4-5-14/h6-7,9,11-12,14,17,20H,4-5,8H2,1-3H3,(H,28,33)(H,29,30)/t17-,20+/m0/s1. The SMILES string of the molecule is Cc1cc(Nc2nn([C@@H](CC#N)C3CC3)c3cc[nH]c(=O)c23)ccc1[C@@H](N(C)C)C(F)(F)F. The van der Waals surface area contributed by atoms with Gasteiger partial charge in [-0.2, -0.15) is 23.5 Å². The fourth-order valence-corrected chi connectivity index (χ4v) is 4.41. The van der Waals surface area contributed by atoms with Crippen molar-refractivity contribution < 1.29 is 13.2 Å². The van der Waals surface area contributed by atoms with Gasteiger partial charge >= 0.3 is 6.18 Å². The number of aromatic amines is 1. The lowest BCUT2D eigenvalue weighted by molar-refractivity contribution is -0.179. The van der Waals surface area contributed by atoms with Gasteiger partial charge in [0.05, 0.1) is 24.0 Å². The highest BCUT2D eigenvalue weighted by Gasteiger charge is 2.43. The first-order valence-electron chi connectivity index (χ1n) is 10.7. The van der Waals surface area contributed by atoms with Crippen LogP contribution in [0.15, 0.2) is 35.3 Å². The zero-order valence-electron chi connectivity index (χ0n) is 18.6. The van der Waals surface area contributed by atoms with Crippen molar-refractivity contribution in [2.75, 3.05) is 19.4 Å². The quantitative estimate of drug-likeness (QED) is 0.531. The van der Waals surface area contributed by atoms with Crippen LogP contribution < -0.4 is 10.9 Å². The molecule has 1 aromatic carbocycles. The van der Waals surface area contributed by atoms with E-state index in [1.807, 2.05) is 0 Å². The molecule has 33 heavy (non-hydrogen) atoms. The number of anilines is 2. The van der Waals surface area contributed by atoms with Crippen LogP contribution in [0.4, 0.5) is 24.7 Å². The molecule has 0 unspecified atom stereocenters. The minimum atomic E-state index is -4.41. The summed E-state index contributed by atoms with van der Waals surface area (Å²) in [6.07, 6.45) is -0.575. The van der Waals surface area contributed by atoms with Gasteiger partial charge in [-0.25, -0.2) is 0 Å². The summed E-state index contributed by atoms with van der Waals surface area (Å²) in [7, 11) is 2.79. The Kier molecular flexibility index (Phi) is 5.93. The second-order valence-electron chi connectivity index (χ2n) is 8.73. The van der Waals surface area contributed by atoms with Gasteiger partial charge in [0.15, 0.2) is 5.82 Å². The number of hydrogen-bond acceptors (Lipinski definition) is 5. The first kappa shape index (κ1) is 22.9. The molecule has 2 atom stereocenters.